The smallest absolute Gasteiger partial charge is 0.262 e. The average Bonchev–Trinajstić information content (AvgIpc) is 2.90. The topological polar surface area (TPSA) is 62.1 Å². The summed E-state index contributed by atoms with van der Waals surface area (Å²) in [7, 11) is 0. The summed E-state index contributed by atoms with van der Waals surface area (Å²) in [5.74, 6) is 0.992. The molecular formula is C18H17BrN2O2S. The molecule has 2 aromatic rings. The molecule has 1 atom stereocenters. The number of nitriles is 1. The lowest BCUT2D eigenvalue weighted by Crippen LogP contribution is -2.20. The van der Waals surface area contributed by atoms with E-state index in [0.717, 1.165) is 29.3 Å². The van der Waals surface area contributed by atoms with Crippen LogP contribution in [0.15, 0.2) is 28.7 Å². The fraction of sp³-hybridized carbons (Fsp3) is 0.333. The molecule has 4 nitrogen and oxygen atoms in total. The third kappa shape index (κ3) is 3.63. The largest absolute Gasteiger partial charge is 0.483 e. The van der Waals surface area contributed by atoms with Crippen LogP contribution in [0.5, 0.6) is 5.75 Å². The van der Waals surface area contributed by atoms with Crippen molar-refractivity contribution in [2.24, 2.45) is 5.92 Å². The summed E-state index contributed by atoms with van der Waals surface area (Å²) in [5, 5.41) is 12.9. The number of halogens is 1. The summed E-state index contributed by atoms with van der Waals surface area (Å²) >= 11 is 4.91. The number of thiophene rings is 1. The zero-order valence-corrected chi connectivity index (χ0v) is 15.7. The Kier molecular flexibility index (Phi) is 5.22. The minimum Gasteiger partial charge on any atom is -0.483 e. The van der Waals surface area contributed by atoms with Gasteiger partial charge in [-0.2, -0.15) is 5.26 Å². The zero-order valence-electron chi connectivity index (χ0n) is 13.3. The Morgan fingerprint density at radius 1 is 1.50 bits per heavy atom. The molecule has 0 unspecified atom stereocenters. The lowest BCUT2D eigenvalue weighted by Gasteiger charge is -2.17. The summed E-state index contributed by atoms with van der Waals surface area (Å²) in [5.41, 5.74) is 1.73. The number of nitrogens with zero attached hydrogens (tertiary/aromatic N) is 1. The molecule has 0 radical (unpaired) electrons. The number of rotatable bonds is 4. The first-order valence-corrected chi connectivity index (χ1v) is 9.41. The molecule has 1 aromatic carbocycles. The van der Waals surface area contributed by atoms with E-state index in [9.17, 15) is 10.1 Å². The first kappa shape index (κ1) is 17.0. The zero-order chi connectivity index (χ0) is 17.1. The van der Waals surface area contributed by atoms with Crippen molar-refractivity contribution in [1.29, 1.82) is 5.26 Å². The van der Waals surface area contributed by atoms with Crippen molar-refractivity contribution in [2.45, 2.75) is 26.2 Å². The second kappa shape index (κ2) is 7.37. The maximum Gasteiger partial charge on any atom is 0.262 e. The third-order valence-electron chi connectivity index (χ3n) is 4.07. The number of fused-ring (bicyclic) bond motifs is 1. The molecule has 1 aliphatic carbocycles. The van der Waals surface area contributed by atoms with E-state index in [1.54, 1.807) is 6.07 Å². The van der Waals surface area contributed by atoms with Crippen LogP contribution in [0, 0.1) is 17.2 Å². The van der Waals surface area contributed by atoms with Crippen molar-refractivity contribution in [3.8, 4) is 11.8 Å². The lowest BCUT2D eigenvalue weighted by atomic mass is 9.89. The maximum atomic E-state index is 12.2. The summed E-state index contributed by atoms with van der Waals surface area (Å²) < 4.78 is 6.33. The van der Waals surface area contributed by atoms with Gasteiger partial charge in [0.15, 0.2) is 6.61 Å². The molecule has 0 saturated heterocycles. The Bertz CT molecular complexity index is 810. The Balaban J connectivity index is 1.69. The van der Waals surface area contributed by atoms with Crippen LogP contribution in [0.3, 0.4) is 0 Å². The number of carbonyl (C=O) groups is 1. The second-order valence-electron chi connectivity index (χ2n) is 5.93. The Labute approximate surface area is 153 Å². The van der Waals surface area contributed by atoms with Crippen LogP contribution in [0.4, 0.5) is 5.00 Å². The van der Waals surface area contributed by atoms with Crippen LogP contribution in [-0.4, -0.2) is 12.5 Å². The van der Waals surface area contributed by atoms with E-state index in [-0.39, 0.29) is 12.5 Å². The molecule has 1 heterocycles. The molecule has 0 aliphatic heterocycles. The van der Waals surface area contributed by atoms with E-state index in [1.165, 1.54) is 16.2 Å². The number of para-hydroxylation sites is 1. The van der Waals surface area contributed by atoms with Gasteiger partial charge in [0.1, 0.15) is 16.8 Å². The molecule has 0 saturated carbocycles. The highest BCUT2D eigenvalue weighted by atomic mass is 79.9. The molecule has 1 N–H and O–H groups in total. The van der Waals surface area contributed by atoms with Gasteiger partial charge in [-0.1, -0.05) is 19.1 Å². The van der Waals surface area contributed by atoms with Gasteiger partial charge >= 0.3 is 0 Å². The van der Waals surface area contributed by atoms with Crippen LogP contribution in [0.2, 0.25) is 0 Å². The van der Waals surface area contributed by atoms with E-state index >= 15 is 0 Å². The maximum absolute atomic E-state index is 12.2. The third-order valence-corrected chi connectivity index (χ3v) is 5.90. The number of amides is 1. The van der Waals surface area contributed by atoms with Gasteiger partial charge in [0.2, 0.25) is 0 Å². The number of carbonyl (C=O) groups excluding carboxylic acids is 1. The molecule has 24 heavy (non-hydrogen) atoms. The van der Waals surface area contributed by atoms with Crippen molar-refractivity contribution >= 4 is 38.2 Å². The van der Waals surface area contributed by atoms with Gasteiger partial charge in [0, 0.05) is 4.88 Å². The van der Waals surface area contributed by atoms with E-state index in [0.29, 0.717) is 22.2 Å². The molecule has 6 heteroatoms. The van der Waals surface area contributed by atoms with Crippen LogP contribution in [0.25, 0.3) is 0 Å². The van der Waals surface area contributed by atoms with Gasteiger partial charge in [-0.15, -0.1) is 11.3 Å². The number of anilines is 1. The first-order valence-electron chi connectivity index (χ1n) is 7.80. The number of ether oxygens (including phenoxy) is 1. The van der Waals surface area contributed by atoms with Gasteiger partial charge in [0.05, 0.1) is 10.0 Å². The average molecular weight is 405 g/mol. The van der Waals surface area contributed by atoms with Crippen molar-refractivity contribution in [3.63, 3.8) is 0 Å². The summed E-state index contributed by atoms with van der Waals surface area (Å²) in [6.45, 7) is 2.13. The Hall–Kier alpha value is -1.84. The molecule has 1 amide bonds. The van der Waals surface area contributed by atoms with E-state index in [2.05, 4.69) is 34.2 Å². The predicted octanol–water partition coefficient (Wildman–Crippen LogP) is 4.52. The van der Waals surface area contributed by atoms with Crippen LogP contribution in [-0.2, 0) is 17.6 Å². The van der Waals surface area contributed by atoms with Crippen molar-refractivity contribution in [1.82, 2.24) is 0 Å². The second-order valence-corrected chi connectivity index (χ2v) is 7.89. The molecule has 0 bridgehead atoms. The molecular weight excluding hydrogens is 388 g/mol. The molecule has 0 spiro atoms. The number of hydrogen-bond donors (Lipinski definition) is 1. The van der Waals surface area contributed by atoms with Gasteiger partial charge < -0.3 is 10.1 Å². The van der Waals surface area contributed by atoms with Gasteiger partial charge in [-0.3, -0.25) is 4.79 Å². The standard InChI is InChI=1S/C18H17BrN2O2S/c1-11-6-7-12-13(9-20)18(24-16(12)8-11)21-17(22)10-23-15-5-3-2-4-14(15)19/h2-5,11H,6-8,10H2,1H3,(H,21,22)/t11-/m1/s1. The summed E-state index contributed by atoms with van der Waals surface area (Å²) in [6.07, 6.45) is 2.99. The molecule has 1 aromatic heterocycles. The molecule has 124 valence electrons. The monoisotopic (exact) mass is 404 g/mol. The summed E-state index contributed by atoms with van der Waals surface area (Å²) in [6, 6.07) is 9.64. The quantitative estimate of drug-likeness (QED) is 0.814. The van der Waals surface area contributed by atoms with Crippen molar-refractivity contribution < 1.29 is 9.53 Å². The van der Waals surface area contributed by atoms with E-state index < -0.39 is 0 Å². The SMILES string of the molecule is C[C@@H]1CCc2c(sc(NC(=O)COc3ccccc3Br)c2C#N)C1. The Morgan fingerprint density at radius 2 is 2.29 bits per heavy atom. The highest BCUT2D eigenvalue weighted by Gasteiger charge is 2.24. The molecule has 3 rings (SSSR count). The lowest BCUT2D eigenvalue weighted by molar-refractivity contribution is -0.118. The van der Waals surface area contributed by atoms with Gasteiger partial charge in [-0.25, -0.2) is 0 Å². The van der Waals surface area contributed by atoms with Gasteiger partial charge in [-0.05, 0) is 58.8 Å². The van der Waals surface area contributed by atoms with Crippen LogP contribution >= 0.6 is 27.3 Å². The molecule has 1 aliphatic rings. The number of benzene rings is 1. The van der Waals surface area contributed by atoms with Crippen LogP contribution in [0.1, 0.15) is 29.3 Å². The van der Waals surface area contributed by atoms with E-state index in [1.807, 2.05) is 18.2 Å². The van der Waals surface area contributed by atoms with Crippen LogP contribution < -0.4 is 10.1 Å². The van der Waals surface area contributed by atoms with E-state index in [4.69, 9.17) is 4.74 Å². The number of nitrogens with one attached hydrogen (secondary N) is 1. The summed E-state index contributed by atoms with van der Waals surface area (Å²) in [4.78, 5) is 13.4. The first-order chi connectivity index (χ1) is 11.6. The Morgan fingerprint density at radius 3 is 3.04 bits per heavy atom. The fourth-order valence-corrected chi connectivity index (χ4v) is 4.60. The van der Waals surface area contributed by atoms with Crippen molar-refractivity contribution in [2.75, 3.05) is 11.9 Å². The predicted molar refractivity (Wildman–Crippen MR) is 98.5 cm³/mol. The fourth-order valence-electron chi connectivity index (χ4n) is 2.82. The molecule has 0 fully saturated rings. The van der Waals surface area contributed by atoms with Gasteiger partial charge in [0.25, 0.3) is 5.91 Å². The highest BCUT2D eigenvalue weighted by molar-refractivity contribution is 9.10. The highest BCUT2D eigenvalue weighted by Crippen LogP contribution is 2.39. The number of hydrogen-bond acceptors (Lipinski definition) is 4. The minimum absolute atomic E-state index is 0.0908. The minimum atomic E-state index is -0.256. The normalized spacial score (nSPS) is 16.1. The van der Waals surface area contributed by atoms with Crippen molar-refractivity contribution in [3.05, 3.63) is 44.7 Å².